The fraction of sp³-hybridized carbons (Fsp3) is 0.207. The molecule has 184 valence electrons. The Bertz CT molecular complexity index is 1180. The SMILES string of the molecule is C=CC[C@H]1OC[C@@H](OC(=O)c2ccccc2)[C@H](OC(=O)c2ccccc2)[C@H]1OC(=O)c1ccccc1. The number of carbonyl (C=O) groups excluding carboxylic acids is 3. The lowest BCUT2D eigenvalue weighted by Gasteiger charge is -2.40. The molecule has 7 nitrogen and oxygen atoms in total. The minimum Gasteiger partial charge on any atom is -0.452 e. The molecule has 1 heterocycles. The molecule has 1 aliphatic rings. The van der Waals surface area contributed by atoms with Gasteiger partial charge in [0, 0.05) is 0 Å². The first-order valence-electron chi connectivity index (χ1n) is 11.6. The smallest absolute Gasteiger partial charge is 0.338 e. The Labute approximate surface area is 209 Å². The van der Waals surface area contributed by atoms with E-state index in [2.05, 4.69) is 6.58 Å². The average Bonchev–Trinajstić information content (AvgIpc) is 2.93. The van der Waals surface area contributed by atoms with Gasteiger partial charge in [-0.05, 0) is 42.8 Å². The van der Waals surface area contributed by atoms with E-state index in [4.69, 9.17) is 18.9 Å². The van der Waals surface area contributed by atoms with Gasteiger partial charge in [-0.3, -0.25) is 0 Å². The van der Waals surface area contributed by atoms with E-state index in [0.717, 1.165) is 0 Å². The normalized spacial score (nSPS) is 21.1. The van der Waals surface area contributed by atoms with E-state index >= 15 is 0 Å². The lowest BCUT2D eigenvalue weighted by Crippen LogP contribution is -2.57. The van der Waals surface area contributed by atoms with Crippen molar-refractivity contribution >= 4 is 17.9 Å². The number of hydrogen-bond donors (Lipinski definition) is 0. The summed E-state index contributed by atoms with van der Waals surface area (Å²) in [6.07, 6.45) is -1.89. The van der Waals surface area contributed by atoms with Crippen LogP contribution in [0, 0.1) is 0 Å². The van der Waals surface area contributed by atoms with E-state index < -0.39 is 42.3 Å². The quantitative estimate of drug-likeness (QED) is 0.260. The summed E-state index contributed by atoms with van der Waals surface area (Å²) < 4.78 is 23.3. The summed E-state index contributed by atoms with van der Waals surface area (Å²) in [4.78, 5) is 38.8. The summed E-state index contributed by atoms with van der Waals surface area (Å²) in [6.45, 7) is 3.70. The third-order valence-electron chi connectivity index (χ3n) is 5.70. The molecule has 0 aromatic heterocycles. The summed E-state index contributed by atoms with van der Waals surface area (Å²) in [5, 5.41) is 0. The second-order valence-corrected chi connectivity index (χ2v) is 8.18. The monoisotopic (exact) mass is 486 g/mol. The van der Waals surface area contributed by atoms with Crippen LogP contribution in [-0.2, 0) is 18.9 Å². The van der Waals surface area contributed by atoms with Gasteiger partial charge in [0.1, 0.15) is 6.10 Å². The molecule has 0 radical (unpaired) electrons. The number of hydrogen-bond acceptors (Lipinski definition) is 7. The number of benzene rings is 3. The Morgan fingerprint density at radius 1 is 0.694 bits per heavy atom. The zero-order chi connectivity index (χ0) is 25.3. The molecular formula is C29H26O7. The maximum Gasteiger partial charge on any atom is 0.338 e. The zero-order valence-corrected chi connectivity index (χ0v) is 19.5. The number of rotatable bonds is 8. The summed E-state index contributed by atoms with van der Waals surface area (Å²) in [5.41, 5.74) is 0.966. The van der Waals surface area contributed by atoms with Gasteiger partial charge >= 0.3 is 17.9 Å². The van der Waals surface area contributed by atoms with Crippen LogP contribution in [0.3, 0.4) is 0 Å². The molecule has 3 aromatic rings. The topological polar surface area (TPSA) is 88.1 Å². The molecule has 0 aliphatic carbocycles. The average molecular weight is 487 g/mol. The van der Waals surface area contributed by atoms with Crippen LogP contribution in [0.5, 0.6) is 0 Å². The molecule has 0 spiro atoms. The molecule has 36 heavy (non-hydrogen) atoms. The summed E-state index contributed by atoms with van der Waals surface area (Å²) in [5.74, 6) is -1.87. The number of carbonyl (C=O) groups is 3. The van der Waals surface area contributed by atoms with E-state index in [1.165, 1.54) is 0 Å². The molecule has 0 amide bonds. The summed E-state index contributed by atoms with van der Waals surface area (Å²) >= 11 is 0. The standard InChI is InChI=1S/C29H26O7/c1-2-12-23-25(35-28(31)21-15-8-4-9-16-21)26(36-29(32)22-17-10-5-11-18-22)24(19-33-23)34-27(30)20-13-6-3-7-14-20/h2-11,13-18,23-26H,1,12,19H2/t23-,24-,25+,26+/m1/s1. The minimum absolute atomic E-state index is 0.0524. The van der Waals surface area contributed by atoms with Crippen LogP contribution >= 0.6 is 0 Å². The summed E-state index contributed by atoms with van der Waals surface area (Å²) in [7, 11) is 0. The third kappa shape index (κ3) is 6.06. The van der Waals surface area contributed by atoms with Crippen LogP contribution in [0.2, 0.25) is 0 Å². The molecule has 7 heteroatoms. The maximum absolute atomic E-state index is 13.0. The summed E-state index contributed by atoms with van der Waals surface area (Å²) in [6, 6.07) is 25.3. The largest absolute Gasteiger partial charge is 0.452 e. The van der Waals surface area contributed by atoms with Crippen molar-refractivity contribution in [3.8, 4) is 0 Å². The lowest BCUT2D eigenvalue weighted by molar-refractivity contribution is -0.188. The highest BCUT2D eigenvalue weighted by atomic mass is 16.6. The highest BCUT2D eigenvalue weighted by molar-refractivity contribution is 5.91. The Morgan fingerprint density at radius 3 is 1.56 bits per heavy atom. The van der Waals surface area contributed by atoms with Gasteiger partial charge in [0.05, 0.1) is 23.3 Å². The van der Waals surface area contributed by atoms with Crippen molar-refractivity contribution in [1.29, 1.82) is 0 Å². The van der Waals surface area contributed by atoms with Gasteiger partial charge in [-0.25, -0.2) is 14.4 Å². The highest BCUT2D eigenvalue weighted by Gasteiger charge is 2.47. The molecule has 1 fully saturated rings. The molecular weight excluding hydrogens is 460 g/mol. The molecule has 0 bridgehead atoms. The maximum atomic E-state index is 13.0. The Balaban J connectivity index is 1.64. The number of ether oxygens (including phenoxy) is 4. The van der Waals surface area contributed by atoms with Crippen molar-refractivity contribution in [2.45, 2.75) is 30.8 Å². The fourth-order valence-corrected chi connectivity index (χ4v) is 3.90. The van der Waals surface area contributed by atoms with Crippen LogP contribution in [0.1, 0.15) is 37.5 Å². The second-order valence-electron chi connectivity index (χ2n) is 8.18. The third-order valence-corrected chi connectivity index (χ3v) is 5.70. The predicted molar refractivity (Wildman–Crippen MR) is 131 cm³/mol. The minimum atomic E-state index is -1.11. The molecule has 0 N–H and O–H groups in total. The zero-order valence-electron chi connectivity index (χ0n) is 19.5. The fourth-order valence-electron chi connectivity index (χ4n) is 3.90. The molecule has 0 unspecified atom stereocenters. The predicted octanol–water partition coefficient (Wildman–Crippen LogP) is 4.64. The first kappa shape index (κ1) is 24.9. The highest BCUT2D eigenvalue weighted by Crippen LogP contribution is 2.28. The first-order chi connectivity index (χ1) is 17.6. The van der Waals surface area contributed by atoms with Crippen molar-refractivity contribution in [1.82, 2.24) is 0 Å². The first-order valence-corrected chi connectivity index (χ1v) is 11.6. The van der Waals surface area contributed by atoms with Crippen molar-refractivity contribution < 1.29 is 33.3 Å². The Kier molecular flexibility index (Phi) is 8.26. The van der Waals surface area contributed by atoms with Crippen molar-refractivity contribution in [3.63, 3.8) is 0 Å². The van der Waals surface area contributed by atoms with Crippen LogP contribution in [0.4, 0.5) is 0 Å². The van der Waals surface area contributed by atoms with E-state index in [-0.39, 0.29) is 6.61 Å². The Morgan fingerprint density at radius 2 is 1.11 bits per heavy atom. The van der Waals surface area contributed by atoms with Crippen molar-refractivity contribution in [3.05, 3.63) is 120 Å². The van der Waals surface area contributed by atoms with Gasteiger partial charge < -0.3 is 18.9 Å². The Hall–Kier alpha value is -4.23. The van der Waals surface area contributed by atoms with Gasteiger partial charge in [-0.1, -0.05) is 60.7 Å². The molecule has 4 atom stereocenters. The molecule has 0 saturated carbocycles. The van der Waals surface area contributed by atoms with E-state index in [9.17, 15) is 14.4 Å². The molecule has 4 rings (SSSR count). The molecule has 1 aliphatic heterocycles. The van der Waals surface area contributed by atoms with Crippen molar-refractivity contribution in [2.24, 2.45) is 0 Å². The van der Waals surface area contributed by atoms with E-state index in [1.807, 2.05) is 0 Å². The molecule has 3 aromatic carbocycles. The van der Waals surface area contributed by atoms with Crippen LogP contribution < -0.4 is 0 Å². The lowest BCUT2D eigenvalue weighted by atomic mass is 9.96. The van der Waals surface area contributed by atoms with Crippen LogP contribution in [-0.4, -0.2) is 48.9 Å². The van der Waals surface area contributed by atoms with Gasteiger partial charge in [-0.2, -0.15) is 0 Å². The van der Waals surface area contributed by atoms with E-state index in [0.29, 0.717) is 23.1 Å². The van der Waals surface area contributed by atoms with Gasteiger partial charge in [-0.15, -0.1) is 6.58 Å². The van der Waals surface area contributed by atoms with Crippen LogP contribution in [0.15, 0.2) is 104 Å². The van der Waals surface area contributed by atoms with E-state index in [1.54, 1.807) is 97.1 Å². The van der Waals surface area contributed by atoms with Crippen molar-refractivity contribution in [2.75, 3.05) is 6.61 Å². The van der Waals surface area contributed by atoms with Gasteiger partial charge in [0.2, 0.25) is 0 Å². The molecule has 1 saturated heterocycles. The van der Waals surface area contributed by atoms with Crippen LogP contribution in [0.25, 0.3) is 0 Å². The second kappa shape index (κ2) is 12.0. The van der Waals surface area contributed by atoms with Gasteiger partial charge in [0.15, 0.2) is 18.3 Å². The number of esters is 3. The van der Waals surface area contributed by atoms with Gasteiger partial charge in [0.25, 0.3) is 0 Å².